The first-order chi connectivity index (χ1) is 16.4. The first-order valence-corrected chi connectivity index (χ1v) is 12.0. The average molecular weight is 516 g/mol. The van der Waals surface area contributed by atoms with Crippen molar-refractivity contribution in [3.8, 4) is 11.4 Å². The Morgan fingerprint density at radius 3 is 2.57 bits per heavy atom. The van der Waals surface area contributed by atoms with E-state index in [-0.39, 0.29) is 27.7 Å². The summed E-state index contributed by atoms with van der Waals surface area (Å²) in [5.74, 6) is -1.25. The van der Waals surface area contributed by atoms with Gasteiger partial charge in [-0.3, -0.25) is 9.20 Å². The zero-order valence-electron chi connectivity index (χ0n) is 19.7. The lowest BCUT2D eigenvalue weighted by Gasteiger charge is -2.23. The van der Waals surface area contributed by atoms with Crippen LogP contribution in [0.25, 0.3) is 17.0 Å². The number of aromatic carboxylic acids is 1. The maximum Gasteiger partial charge on any atom is 0.356 e. The summed E-state index contributed by atoms with van der Waals surface area (Å²) in [6.45, 7) is 8.10. The molecular formula is C24H23ClFN5O3S. The van der Waals surface area contributed by atoms with Gasteiger partial charge in [-0.15, -0.1) is 11.3 Å². The molecule has 35 heavy (non-hydrogen) atoms. The number of fused-ring (bicyclic) bond motifs is 1. The molecule has 0 aliphatic rings. The number of anilines is 1. The van der Waals surface area contributed by atoms with E-state index in [2.05, 4.69) is 15.3 Å². The molecule has 0 bridgehead atoms. The van der Waals surface area contributed by atoms with Crippen LogP contribution in [0.15, 0.2) is 34.6 Å². The molecule has 0 saturated heterocycles. The summed E-state index contributed by atoms with van der Waals surface area (Å²) in [4.78, 5) is 38.2. The third-order valence-corrected chi connectivity index (χ3v) is 6.61. The van der Waals surface area contributed by atoms with E-state index in [0.717, 1.165) is 5.01 Å². The predicted octanol–water partition coefficient (Wildman–Crippen LogP) is 5.56. The van der Waals surface area contributed by atoms with Crippen LogP contribution in [0, 0.1) is 13.8 Å². The van der Waals surface area contributed by atoms with E-state index in [9.17, 15) is 14.7 Å². The number of nitrogens with zero attached hydrogens (tertiary/aromatic N) is 4. The van der Waals surface area contributed by atoms with Crippen LogP contribution in [0.4, 0.5) is 10.1 Å². The zero-order valence-corrected chi connectivity index (χ0v) is 21.3. The van der Waals surface area contributed by atoms with E-state index in [0.29, 0.717) is 28.2 Å². The molecule has 0 unspecified atom stereocenters. The number of carboxylic acids is 1. The van der Waals surface area contributed by atoms with Gasteiger partial charge in [-0.05, 0) is 52.8 Å². The summed E-state index contributed by atoms with van der Waals surface area (Å²) >= 11 is 7.32. The molecule has 0 saturated carbocycles. The van der Waals surface area contributed by atoms with E-state index in [1.807, 2.05) is 12.3 Å². The molecule has 1 atom stereocenters. The number of pyridine rings is 2. The Morgan fingerprint density at radius 2 is 1.97 bits per heavy atom. The molecule has 4 heterocycles. The van der Waals surface area contributed by atoms with Crippen molar-refractivity contribution in [2.24, 2.45) is 0 Å². The largest absolute Gasteiger partial charge is 0.476 e. The van der Waals surface area contributed by atoms with Gasteiger partial charge in [0, 0.05) is 28.3 Å². The monoisotopic (exact) mass is 515 g/mol. The third kappa shape index (κ3) is 4.76. The number of hydrogen-bond donors (Lipinski definition) is 2. The van der Waals surface area contributed by atoms with Gasteiger partial charge in [-0.1, -0.05) is 11.6 Å². The van der Waals surface area contributed by atoms with Crippen LogP contribution in [-0.2, 0) is 5.67 Å². The second-order valence-electron chi connectivity index (χ2n) is 8.69. The Morgan fingerprint density at radius 1 is 1.26 bits per heavy atom. The normalized spacial score (nSPS) is 12.7. The van der Waals surface area contributed by atoms with Crippen LogP contribution in [0.2, 0.25) is 5.15 Å². The molecule has 0 spiro atoms. The smallest absolute Gasteiger partial charge is 0.356 e. The van der Waals surface area contributed by atoms with E-state index >= 15 is 4.39 Å². The minimum absolute atomic E-state index is 0.0409. The van der Waals surface area contributed by atoms with Crippen molar-refractivity contribution < 1.29 is 14.3 Å². The van der Waals surface area contributed by atoms with E-state index in [4.69, 9.17) is 16.6 Å². The number of alkyl halides is 1. The van der Waals surface area contributed by atoms with Crippen LogP contribution in [-0.4, -0.2) is 30.4 Å². The molecule has 0 aliphatic heterocycles. The SMILES string of the molecule is Cc1nc(-c2nc3c([C@@H](C)Nc4ccc(Cl)nc4C(=O)O)cc(C(C)(C)F)cn3c(=O)c2C)cs1. The van der Waals surface area contributed by atoms with Crippen LogP contribution >= 0.6 is 22.9 Å². The molecule has 8 nitrogen and oxygen atoms in total. The summed E-state index contributed by atoms with van der Waals surface area (Å²) in [6.07, 6.45) is 1.45. The van der Waals surface area contributed by atoms with Gasteiger partial charge in [0.1, 0.15) is 27.9 Å². The number of hydrogen-bond acceptors (Lipinski definition) is 7. The molecule has 2 N–H and O–H groups in total. The molecular weight excluding hydrogens is 493 g/mol. The second kappa shape index (κ2) is 9.01. The fraction of sp³-hybridized carbons (Fsp3) is 0.292. The summed E-state index contributed by atoms with van der Waals surface area (Å²) in [6, 6.07) is 4.03. The number of rotatable bonds is 6. The number of nitrogens with one attached hydrogen (secondary N) is 1. The highest BCUT2D eigenvalue weighted by molar-refractivity contribution is 7.09. The maximum absolute atomic E-state index is 15.0. The maximum atomic E-state index is 15.0. The average Bonchev–Trinajstić information content (AvgIpc) is 3.21. The molecule has 0 fully saturated rings. The van der Waals surface area contributed by atoms with Gasteiger partial charge < -0.3 is 10.4 Å². The van der Waals surface area contributed by atoms with Crippen molar-refractivity contribution in [1.29, 1.82) is 0 Å². The fourth-order valence-corrected chi connectivity index (χ4v) is 4.49. The number of halogens is 2. The molecule has 0 aromatic carbocycles. The predicted molar refractivity (Wildman–Crippen MR) is 134 cm³/mol. The summed E-state index contributed by atoms with van der Waals surface area (Å²) in [5.41, 5.74) is 0.407. The Hall–Kier alpha value is -3.37. The van der Waals surface area contributed by atoms with Crippen LogP contribution in [0.3, 0.4) is 0 Å². The van der Waals surface area contributed by atoms with Crippen molar-refractivity contribution in [2.75, 3.05) is 5.32 Å². The minimum atomic E-state index is -1.74. The fourth-order valence-electron chi connectivity index (χ4n) is 3.74. The molecule has 4 rings (SSSR count). The minimum Gasteiger partial charge on any atom is -0.476 e. The van der Waals surface area contributed by atoms with Gasteiger partial charge in [0.25, 0.3) is 5.56 Å². The topological polar surface area (TPSA) is 109 Å². The lowest BCUT2D eigenvalue weighted by Crippen LogP contribution is -2.24. The third-order valence-electron chi connectivity index (χ3n) is 5.63. The van der Waals surface area contributed by atoms with Gasteiger partial charge in [0.2, 0.25) is 0 Å². The molecule has 0 radical (unpaired) electrons. The van der Waals surface area contributed by atoms with Crippen molar-refractivity contribution in [1.82, 2.24) is 19.4 Å². The molecule has 0 amide bonds. The lowest BCUT2D eigenvalue weighted by atomic mass is 9.97. The van der Waals surface area contributed by atoms with E-state index in [1.165, 1.54) is 47.9 Å². The molecule has 4 aromatic heterocycles. The van der Waals surface area contributed by atoms with Crippen molar-refractivity contribution >= 4 is 40.2 Å². The van der Waals surface area contributed by atoms with Gasteiger partial charge in [-0.25, -0.2) is 24.1 Å². The number of aromatic nitrogens is 4. The van der Waals surface area contributed by atoms with Gasteiger partial charge >= 0.3 is 5.97 Å². The van der Waals surface area contributed by atoms with E-state index < -0.39 is 17.7 Å². The molecule has 182 valence electrons. The second-order valence-corrected chi connectivity index (χ2v) is 10.1. The van der Waals surface area contributed by atoms with Crippen molar-refractivity contribution in [2.45, 2.75) is 46.3 Å². The highest BCUT2D eigenvalue weighted by Gasteiger charge is 2.26. The van der Waals surface area contributed by atoms with Crippen LogP contribution in [0.1, 0.15) is 59.0 Å². The van der Waals surface area contributed by atoms with Gasteiger partial charge in [-0.2, -0.15) is 0 Å². The first kappa shape index (κ1) is 24.7. The Bertz CT molecular complexity index is 1530. The van der Waals surface area contributed by atoms with Crippen molar-refractivity contribution in [3.05, 3.63) is 72.7 Å². The zero-order chi connectivity index (χ0) is 25.7. The molecule has 4 aromatic rings. The number of thiazole rings is 1. The highest BCUT2D eigenvalue weighted by Crippen LogP contribution is 2.32. The Kier molecular flexibility index (Phi) is 6.37. The summed E-state index contributed by atoms with van der Waals surface area (Å²) in [5, 5.41) is 15.4. The van der Waals surface area contributed by atoms with Crippen LogP contribution < -0.4 is 10.9 Å². The number of aryl methyl sites for hydroxylation is 1. The lowest BCUT2D eigenvalue weighted by molar-refractivity contribution is 0.0691. The van der Waals surface area contributed by atoms with Gasteiger partial charge in [0.05, 0.1) is 16.7 Å². The Labute approximate surface area is 209 Å². The quantitative estimate of drug-likeness (QED) is 0.323. The molecule has 11 heteroatoms. The van der Waals surface area contributed by atoms with Crippen molar-refractivity contribution in [3.63, 3.8) is 0 Å². The summed E-state index contributed by atoms with van der Waals surface area (Å²) < 4.78 is 16.4. The first-order valence-electron chi connectivity index (χ1n) is 10.7. The van der Waals surface area contributed by atoms with Crippen LogP contribution in [0.5, 0.6) is 0 Å². The number of carbonyl (C=O) groups is 1. The van der Waals surface area contributed by atoms with E-state index in [1.54, 1.807) is 19.9 Å². The molecule has 0 aliphatic carbocycles. The summed E-state index contributed by atoms with van der Waals surface area (Å²) in [7, 11) is 0. The Balaban J connectivity index is 1.95. The highest BCUT2D eigenvalue weighted by atomic mass is 35.5. The standard InChI is InChI=1S/C24H23ClFN5O3S/c1-11-19(17-10-35-13(3)28-17)30-21-15(8-14(24(4,5)26)9-31(21)22(11)32)12(2)27-16-6-7-18(25)29-20(16)23(33)34/h6-10,12,27H,1-5H3,(H,33,34)/t12-/m1/s1. The van der Waals surface area contributed by atoms with Gasteiger partial charge in [0.15, 0.2) is 5.69 Å². The number of carboxylic acid groups (broad SMARTS) is 1.